The van der Waals surface area contributed by atoms with E-state index in [1.165, 1.54) is 36.9 Å². The molecule has 30 heavy (non-hydrogen) atoms. The average molecular weight is 493 g/mol. The monoisotopic (exact) mass is 492 g/mol. The van der Waals surface area contributed by atoms with Crippen LogP contribution in [0.3, 0.4) is 0 Å². The van der Waals surface area contributed by atoms with Crippen molar-refractivity contribution in [3.8, 4) is 16.2 Å². The number of esters is 1. The molecule has 5 nitrogen and oxygen atoms in total. The number of thiophene rings is 1. The maximum atomic E-state index is 10.6. The highest BCUT2D eigenvalue weighted by Gasteiger charge is 2.25. The van der Waals surface area contributed by atoms with Gasteiger partial charge in [-0.2, -0.15) is 0 Å². The van der Waals surface area contributed by atoms with E-state index in [2.05, 4.69) is 28.5 Å². The molecule has 4 rings (SSSR count). The Morgan fingerprint density at radius 3 is 2.60 bits per heavy atom. The van der Waals surface area contributed by atoms with E-state index in [0.29, 0.717) is 11.7 Å². The fourth-order valence-electron chi connectivity index (χ4n) is 3.14. The van der Waals surface area contributed by atoms with Gasteiger partial charge in [0.2, 0.25) is 0 Å². The quantitative estimate of drug-likeness (QED) is 0.309. The lowest BCUT2D eigenvalue weighted by Gasteiger charge is -2.02. The van der Waals surface area contributed by atoms with E-state index in [4.69, 9.17) is 4.74 Å². The lowest BCUT2D eigenvalue weighted by Crippen LogP contribution is -3.00. The summed E-state index contributed by atoms with van der Waals surface area (Å²) < 4.78 is 9.48. The number of halogens is 1. The summed E-state index contributed by atoms with van der Waals surface area (Å²) in [6, 6.07) is 11.8. The van der Waals surface area contributed by atoms with E-state index in [1.807, 2.05) is 41.8 Å². The number of aromatic hydroxyl groups is 1. The summed E-state index contributed by atoms with van der Waals surface area (Å²) in [5.41, 5.74) is 1.98. The lowest BCUT2D eigenvalue weighted by molar-refractivity contribution is -0.705. The van der Waals surface area contributed by atoms with Crippen molar-refractivity contribution < 1.29 is 36.2 Å². The molecule has 1 aliphatic rings. The van der Waals surface area contributed by atoms with Gasteiger partial charge in [-0.1, -0.05) is 30.3 Å². The van der Waals surface area contributed by atoms with Crippen LogP contribution < -0.4 is 21.5 Å². The molecule has 1 saturated carbocycles. The lowest BCUT2D eigenvalue weighted by atomic mass is 10.1. The number of imidazole rings is 1. The molecule has 1 fully saturated rings. The number of aromatic nitrogens is 2. The minimum atomic E-state index is -0.196. The molecule has 0 spiro atoms. The molecule has 1 N–H and O–H groups in total. The molecule has 2 heterocycles. The molecule has 0 unspecified atom stereocenters. The average Bonchev–Trinajstić information content (AvgIpc) is 3.33. The number of rotatable bonds is 7. The molecule has 1 aliphatic carbocycles. The van der Waals surface area contributed by atoms with Crippen molar-refractivity contribution in [1.29, 1.82) is 0 Å². The first-order valence-corrected chi connectivity index (χ1v) is 10.9. The van der Waals surface area contributed by atoms with Gasteiger partial charge in [-0.15, -0.1) is 11.3 Å². The van der Waals surface area contributed by atoms with Gasteiger partial charge >= 0.3 is 5.97 Å². The number of nitrogens with zero attached hydrogens (tertiary/aromatic N) is 2. The molecule has 0 atom stereocenters. The van der Waals surface area contributed by atoms with Crippen molar-refractivity contribution in [2.75, 3.05) is 6.61 Å². The second-order valence-corrected chi connectivity index (χ2v) is 8.23. The summed E-state index contributed by atoms with van der Waals surface area (Å²) >= 11 is 1.35. The van der Waals surface area contributed by atoms with Crippen LogP contribution in [-0.4, -0.2) is 22.2 Å². The van der Waals surface area contributed by atoms with E-state index < -0.39 is 0 Å². The van der Waals surface area contributed by atoms with Gasteiger partial charge < -0.3 is 26.8 Å². The second-order valence-electron chi connectivity index (χ2n) is 7.33. The van der Waals surface area contributed by atoms with Gasteiger partial charge in [0.15, 0.2) is 5.06 Å². The van der Waals surface area contributed by atoms with Crippen LogP contribution in [0.1, 0.15) is 32.0 Å². The Balaban J connectivity index is 0.000000218. The molecule has 0 bridgehead atoms. The van der Waals surface area contributed by atoms with Crippen LogP contribution in [0, 0.1) is 12.8 Å². The van der Waals surface area contributed by atoms with E-state index >= 15 is 0 Å². The van der Waals surface area contributed by atoms with Gasteiger partial charge in [0.25, 0.3) is 5.82 Å². The topological polar surface area (TPSA) is 55.3 Å². The molecule has 0 saturated heterocycles. The van der Waals surface area contributed by atoms with Crippen molar-refractivity contribution in [3.05, 3.63) is 60.0 Å². The van der Waals surface area contributed by atoms with Gasteiger partial charge in [-0.3, -0.25) is 4.79 Å². The van der Waals surface area contributed by atoms with Crippen molar-refractivity contribution in [3.63, 3.8) is 0 Å². The summed E-state index contributed by atoms with van der Waals surface area (Å²) in [7, 11) is 0. The van der Waals surface area contributed by atoms with Crippen LogP contribution in [-0.2, 0) is 22.6 Å². The molecule has 0 amide bonds. The minimum Gasteiger partial charge on any atom is -1.00 e. The predicted molar refractivity (Wildman–Crippen MR) is 115 cm³/mol. The number of benzene rings is 1. The first-order chi connectivity index (χ1) is 14.0. The Kier molecular flexibility index (Phi) is 9.59. The summed E-state index contributed by atoms with van der Waals surface area (Å²) in [5, 5.41) is 11.7. The van der Waals surface area contributed by atoms with Crippen LogP contribution in [0.15, 0.2) is 54.2 Å². The van der Waals surface area contributed by atoms with Crippen LogP contribution in [0.25, 0.3) is 11.1 Å². The second kappa shape index (κ2) is 11.9. The third-order valence-corrected chi connectivity index (χ3v) is 5.70. The van der Waals surface area contributed by atoms with Crippen LogP contribution in [0.5, 0.6) is 5.06 Å². The predicted octanol–water partition coefficient (Wildman–Crippen LogP) is 1.57. The van der Waals surface area contributed by atoms with Gasteiger partial charge in [0.05, 0.1) is 19.7 Å². The molecule has 3 aromatic rings. The van der Waals surface area contributed by atoms with Gasteiger partial charge in [-0.25, -0.2) is 9.13 Å². The van der Waals surface area contributed by atoms with E-state index in [0.717, 1.165) is 36.6 Å². The summed E-state index contributed by atoms with van der Waals surface area (Å²) in [5.74, 6) is 1.99. The zero-order valence-corrected chi connectivity index (χ0v) is 19.9. The van der Waals surface area contributed by atoms with E-state index in [9.17, 15) is 9.90 Å². The maximum absolute atomic E-state index is 10.6. The van der Waals surface area contributed by atoms with Crippen LogP contribution in [0.4, 0.5) is 0 Å². The third-order valence-electron chi connectivity index (χ3n) is 4.99. The number of carbonyl (C=O) groups excluding carboxylic acids is 1. The van der Waals surface area contributed by atoms with Gasteiger partial charge in [0, 0.05) is 25.8 Å². The van der Waals surface area contributed by atoms with Crippen molar-refractivity contribution in [2.45, 2.75) is 46.2 Å². The first kappa shape index (κ1) is 24.2. The molecule has 0 radical (unpaired) electrons. The summed E-state index contributed by atoms with van der Waals surface area (Å²) in [6.07, 6.45) is 7.90. The molecular weight excluding hydrogens is 464 g/mol. The fraction of sp³-hybridized carbons (Fsp3) is 0.391. The van der Waals surface area contributed by atoms with Crippen LogP contribution >= 0.6 is 11.3 Å². The van der Waals surface area contributed by atoms with Crippen molar-refractivity contribution in [2.24, 2.45) is 5.92 Å². The highest BCUT2D eigenvalue weighted by molar-refractivity contribution is 7.12. The van der Waals surface area contributed by atoms with E-state index in [-0.39, 0.29) is 23.0 Å². The maximum Gasteiger partial charge on any atom is 0.302 e. The minimum absolute atomic E-state index is 0. The molecular formula is C23H29BrN2O3S. The number of hydrogen-bond acceptors (Lipinski definition) is 4. The van der Waals surface area contributed by atoms with Crippen molar-refractivity contribution >= 4 is 17.3 Å². The highest BCUT2D eigenvalue weighted by atomic mass is 79.9. The number of aryl methyl sites for hydroxylation is 1. The third kappa shape index (κ3) is 7.29. The van der Waals surface area contributed by atoms with E-state index in [1.54, 1.807) is 0 Å². The summed E-state index contributed by atoms with van der Waals surface area (Å²) in [4.78, 5) is 10.6. The largest absolute Gasteiger partial charge is 1.00 e. The Labute approximate surface area is 192 Å². The number of hydrogen-bond donors (Lipinski definition) is 1. The zero-order chi connectivity index (χ0) is 20.6. The first-order valence-electron chi connectivity index (χ1n) is 10.0. The SMILES string of the molecule is CC(=O)OCCCn1cc[n+](CC2CC2)c1C.Oc1sccc1-c1ccccc1.[Br-]. The molecule has 0 aliphatic heterocycles. The zero-order valence-electron chi connectivity index (χ0n) is 17.5. The fourth-order valence-corrected chi connectivity index (χ4v) is 3.78. The molecule has 162 valence electrons. The van der Waals surface area contributed by atoms with Gasteiger partial charge in [0.1, 0.15) is 12.4 Å². The molecule has 1 aromatic carbocycles. The van der Waals surface area contributed by atoms with Crippen LogP contribution in [0.2, 0.25) is 0 Å². The number of carbonyl (C=O) groups is 1. The Morgan fingerprint density at radius 1 is 1.27 bits per heavy atom. The normalized spacial score (nSPS) is 12.5. The number of ether oxygens (including phenoxy) is 1. The standard InChI is InChI=1S/C13H21N2O2.C10H8OS.BrH/c1-11-14(6-3-9-17-12(2)16)7-8-15(11)10-13-4-5-13;11-10-9(6-7-12-10)8-4-2-1-3-5-8;/h7-8,13H,3-6,9-10H2,1-2H3;1-7,11H;1H/q+1;;/p-1. The van der Waals surface area contributed by atoms with Gasteiger partial charge in [-0.05, 0) is 35.8 Å². The Morgan fingerprint density at radius 2 is 2.00 bits per heavy atom. The smallest absolute Gasteiger partial charge is 0.302 e. The Hall–Kier alpha value is -2.12. The highest BCUT2D eigenvalue weighted by Crippen LogP contribution is 2.33. The molecule has 2 aromatic heterocycles. The molecule has 7 heteroatoms. The van der Waals surface area contributed by atoms with Crippen molar-refractivity contribution in [1.82, 2.24) is 4.57 Å². The summed E-state index contributed by atoms with van der Waals surface area (Å²) in [6.45, 7) is 6.17. The Bertz CT molecular complexity index is 920.